The van der Waals surface area contributed by atoms with Crippen LogP contribution in [0.25, 0.3) is 0 Å². The first-order valence-electron chi connectivity index (χ1n) is 7.41. The molecule has 0 atom stereocenters. The summed E-state index contributed by atoms with van der Waals surface area (Å²) in [5, 5.41) is 10.1. The highest BCUT2D eigenvalue weighted by Crippen LogP contribution is 2.45. The van der Waals surface area contributed by atoms with Gasteiger partial charge in [0.15, 0.2) is 0 Å². The van der Waals surface area contributed by atoms with Crippen LogP contribution in [0.4, 0.5) is 22.7 Å². The molecular weight excluding hydrogens is 294 g/mol. The van der Waals surface area contributed by atoms with Crippen LogP contribution in [-0.4, -0.2) is 26.2 Å². The van der Waals surface area contributed by atoms with Crippen molar-refractivity contribution in [1.29, 1.82) is 0 Å². The summed E-state index contributed by atoms with van der Waals surface area (Å²) in [5.41, 5.74) is 15.5. The summed E-state index contributed by atoms with van der Waals surface area (Å²) in [6, 6.07) is 12.7. The average Bonchev–Trinajstić information content (AvgIpc) is 2.56. The molecule has 5 nitrogen and oxygen atoms in total. The molecule has 22 heavy (non-hydrogen) atoms. The molecule has 7 N–H and O–H groups in total. The Labute approximate surface area is 134 Å². The van der Waals surface area contributed by atoms with Crippen molar-refractivity contribution >= 4 is 34.5 Å². The fraction of sp³-hybridized carbons (Fsp3) is 0.250. The minimum Gasteiger partial charge on any atom is -0.384 e. The Hall–Kier alpha value is -1.89. The maximum absolute atomic E-state index is 5.54. The number of rotatable bonds is 6. The Morgan fingerprint density at radius 3 is 1.77 bits per heavy atom. The Morgan fingerprint density at radius 1 is 0.818 bits per heavy atom. The van der Waals surface area contributed by atoms with E-state index >= 15 is 0 Å². The summed E-state index contributed by atoms with van der Waals surface area (Å²) < 4.78 is 0. The van der Waals surface area contributed by atoms with E-state index in [0.29, 0.717) is 13.1 Å². The van der Waals surface area contributed by atoms with Gasteiger partial charge in [-0.15, -0.1) is 0 Å². The maximum atomic E-state index is 5.54. The number of hydrogen-bond acceptors (Lipinski definition) is 6. The summed E-state index contributed by atoms with van der Waals surface area (Å²) in [6.07, 6.45) is 0. The lowest BCUT2D eigenvalue weighted by molar-refractivity contribution is 1.02. The lowest BCUT2D eigenvalue weighted by atomic mass is 10.2. The van der Waals surface area contributed by atoms with Crippen molar-refractivity contribution in [3.8, 4) is 0 Å². The molecule has 0 radical (unpaired) electrons. The number of fused-ring (bicyclic) bond motifs is 2. The minimum atomic E-state index is 0.626. The van der Waals surface area contributed by atoms with Gasteiger partial charge in [0.1, 0.15) is 0 Å². The van der Waals surface area contributed by atoms with E-state index in [0.717, 1.165) is 35.8 Å². The second-order valence-electron chi connectivity index (χ2n) is 5.08. The molecule has 1 aliphatic heterocycles. The predicted octanol–water partition coefficient (Wildman–Crippen LogP) is 2.64. The highest BCUT2D eigenvalue weighted by atomic mass is 32.2. The molecule has 0 fully saturated rings. The van der Waals surface area contributed by atoms with Gasteiger partial charge in [-0.05, 0) is 36.4 Å². The molecule has 0 amide bonds. The van der Waals surface area contributed by atoms with Gasteiger partial charge in [0.05, 0.1) is 11.4 Å². The van der Waals surface area contributed by atoms with Gasteiger partial charge in [-0.2, -0.15) is 0 Å². The van der Waals surface area contributed by atoms with Gasteiger partial charge in [-0.25, -0.2) is 0 Å². The highest BCUT2D eigenvalue weighted by Gasteiger charge is 2.16. The van der Waals surface area contributed by atoms with Crippen LogP contribution < -0.4 is 27.4 Å². The molecule has 3 rings (SSSR count). The molecule has 0 aliphatic carbocycles. The third kappa shape index (κ3) is 3.30. The van der Waals surface area contributed by atoms with Crippen molar-refractivity contribution in [2.75, 3.05) is 42.1 Å². The molecule has 2 aromatic carbocycles. The zero-order valence-corrected chi connectivity index (χ0v) is 13.2. The number of benzene rings is 2. The van der Waals surface area contributed by atoms with Crippen LogP contribution in [-0.2, 0) is 0 Å². The molecule has 0 spiro atoms. The Balaban J connectivity index is 1.80. The van der Waals surface area contributed by atoms with Crippen molar-refractivity contribution < 1.29 is 0 Å². The van der Waals surface area contributed by atoms with Crippen molar-refractivity contribution in [1.82, 2.24) is 0 Å². The summed E-state index contributed by atoms with van der Waals surface area (Å²) in [5.74, 6) is 0. The number of hydrogen-bond donors (Lipinski definition) is 5. The number of anilines is 4. The molecule has 0 unspecified atom stereocenters. The molecule has 1 aliphatic rings. The Bertz CT molecular complexity index is 603. The SMILES string of the molecule is NCCNc1ccc2c(c1)Sc1cc(NCCN)ccc1N2. The second-order valence-corrected chi connectivity index (χ2v) is 6.16. The van der Waals surface area contributed by atoms with Crippen molar-refractivity contribution in [3.05, 3.63) is 36.4 Å². The first kappa shape index (κ1) is 15.0. The van der Waals surface area contributed by atoms with E-state index in [1.807, 2.05) is 0 Å². The van der Waals surface area contributed by atoms with Crippen LogP contribution in [0, 0.1) is 0 Å². The van der Waals surface area contributed by atoms with Gasteiger partial charge >= 0.3 is 0 Å². The second kappa shape index (κ2) is 6.91. The minimum absolute atomic E-state index is 0.626. The van der Waals surface area contributed by atoms with E-state index in [2.05, 4.69) is 52.3 Å². The van der Waals surface area contributed by atoms with Crippen molar-refractivity contribution in [2.45, 2.75) is 9.79 Å². The van der Waals surface area contributed by atoms with Gasteiger partial charge in [0.2, 0.25) is 0 Å². The average molecular weight is 315 g/mol. The van der Waals surface area contributed by atoms with E-state index < -0.39 is 0 Å². The standard InChI is InChI=1S/C16H21N5S/c17-5-7-19-11-1-3-13-15(9-11)22-16-10-12(20-8-6-18)2-4-14(16)21-13/h1-4,9-10,19-21H,5-8,17-18H2. The molecule has 1 heterocycles. The Morgan fingerprint density at radius 2 is 1.32 bits per heavy atom. The quantitative estimate of drug-likeness (QED) is 0.481. The van der Waals surface area contributed by atoms with E-state index in [1.165, 1.54) is 9.79 Å². The van der Waals surface area contributed by atoms with E-state index in [9.17, 15) is 0 Å². The van der Waals surface area contributed by atoms with E-state index in [1.54, 1.807) is 11.8 Å². The zero-order chi connectivity index (χ0) is 15.4. The van der Waals surface area contributed by atoms with Crippen LogP contribution in [0.2, 0.25) is 0 Å². The summed E-state index contributed by atoms with van der Waals surface area (Å²) in [7, 11) is 0. The fourth-order valence-electron chi connectivity index (χ4n) is 2.34. The first-order valence-corrected chi connectivity index (χ1v) is 8.22. The largest absolute Gasteiger partial charge is 0.384 e. The molecule has 0 saturated heterocycles. The van der Waals surface area contributed by atoms with Gasteiger partial charge in [-0.3, -0.25) is 0 Å². The number of nitrogens with one attached hydrogen (secondary N) is 3. The summed E-state index contributed by atoms with van der Waals surface area (Å²) in [4.78, 5) is 2.43. The Kier molecular flexibility index (Phi) is 4.72. The molecule has 0 aromatic heterocycles. The van der Waals surface area contributed by atoms with Crippen LogP contribution in [0.3, 0.4) is 0 Å². The molecule has 0 saturated carbocycles. The van der Waals surface area contributed by atoms with Gasteiger partial charge < -0.3 is 27.4 Å². The molecule has 2 aromatic rings. The third-order valence-corrected chi connectivity index (χ3v) is 4.51. The molecule has 6 heteroatoms. The maximum Gasteiger partial charge on any atom is 0.0527 e. The van der Waals surface area contributed by atoms with Crippen LogP contribution in [0.5, 0.6) is 0 Å². The predicted molar refractivity (Wildman–Crippen MR) is 95.4 cm³/mol. The monoisotopic (exact) mass is 315 g/mol. The number of nitrogens with two attached hydrogens (primary N) is 2. The van der Waals surface area contributed by atoms with Crippen LogP contribution in [0.15, 0.2) is 46.2 Å². The summed E-state index contributed by atoms with van der Waals surface area (Å²) in [6.45, 7) is 2.81. The molecule has 116 valence electrons. The van der Waals surface area contributed by atoms with Crippen LogP contribution >= 0.6 is 11.8 Å². The van der Waals surface area contributed by atoms with E-state index in [4.69, 9.17) is 11.5 Å². The van der Waals surface area contributed by atoms with Gasteiger partial charge in [0, 0.05) is 47.3 Å². The van der Waals surface area contributed by atoms with Gasteiger partial charge in [0.25, 0.3) is 0 Å². The third-order valence-electron chi connectivity index (χ3n) is 3.40. The lowest BCUT2D eigenvalue weighted by Gasteiger charge is -2.22. The van der Waals surface area contributed by atoms with Crippen LogP contribution in [0.1, 0.15) is 0 Å². The van der Waals surface area contributed by atoms with E-state index in [-0.39, 0.29) is 0 Å². The fourth-order valence-corrected chi connectivity index (χ4v) is 3.40. The normalized spacial score (nSPS) is 12.1. The first-order chi connectivity index (χ1) is 10.8. The smallest absolute Gasteiger partial charge is 0.0527 e. The lowest BCUT2D eigenvalue weighted by Crippen LogP contribution is -2.13. The highest BCUT2D eigenvalue weighted by molar-refractivity contribution is 7.99. The van der Waals surface area contributed by atoms with Crippen molar-refractivity contribution in [2.24, 2.45) is 11.5 Å². The topological polar surface area (TPSA) is 88.1 Å². The molecular formula is C16H21N5S. The van der Waals surface area contributed by atoms with Crippen molar-refractivity contribution in [3.63, 3.8) is 0 Å². The van der Waals surface area contributed by atoms with Gasteiger partial charge in [-0.1, -0.05) is 11.8 Å². The molecule has 0 bridgehead atoms. The summed E-state index contributed by atoms with van der Waals surface area (Å²) >= 11 is 1.77. The zero-order valence-electron chi connectivity index (χ0n) is 12.4.